The van der Waals surface area contributed by atoms with Crippen molar-refractivity contribution < 1.29 is 19.0 Å². The molecule has 2 aromatic carbocycles. The van der Waals surface area contributed by atoms with Crippen LogP contribution in [0.3, 0.4) is 0 Å². The number of nitrogens with zero attached hydrogens (tertiary/aromatic N) is 3. The lowest BCUT2D eigenvalue weighted by molar-refractivity contribution is 0.0525. The molecule has 0 fully saturated rings. The molecule has 0 bridgehead atoms. The van der Waals surface area contributed by atoms with Crippen LogP contribution in [0.15, 0.2) is 48.5 Å². The predicted molar refractivity (Wildman–Crippen MR) is 120 cm³/mol. The third kappa shape index (κ3) is 6.57. The highest BCUT2D eigenvalue weighted by Gasteiger charge is 2.15. The van der Waals surface area contributed by atoms with E-state index in [0.717, 1.165) is 16.5 Å². The molecular formula is C24H26N4O4. The lowest BCUT2D eigenvalue weighted by Gasteiger charge is -2.19. The number of hydrogen-bond donors (Lipinski definition) is 1. The van der Waals surface area contributed by atoms with Gasteiger partial charge in [0.05, 0.1) is 17.5 Å². The van der Waals surface area contributed by atoms with Gasteiger partial charge in [-0.05, 0) is 63.6 Å². The lowest BCUT2D eigenvalue weighted by atomic mass is 10.2. The van der Waals surface area contributed by atoms with Gasteiger partial charge in [0.15, 0.2) is 12.4 Å². The number of amides is 1. The number of rotatable bonds is 8. The van der Waals surface area contributed by atoms with Crippen LogP contribution in [0.2, 0.25) is 0 Å². The summed E-state index contributed by atoms with van der Waals surface area (Å²) in [4.78, 5) is 21.0. The zero-order chi connectivity index (χ0) is 23.0. The largest absolute Gasteiger partial charge is 0.479 e. The highest BCUT2D eigenvalue weighted by atomic mass is 16.6. The van der Waals surface area contributed by atoms with Crippen LogP contribution >= 0.6 is 0 Å². The van der Waals surface area contributed by atoms with Gasteiger partial charge in [-0.25, -0.2) is 9.78 Å². The fraction of sp³-hybridized carbons (Fsp3) is 0.333. The Bertz CT molecular complexity index is 1100. The molecule has 3 rings (SSSR count). The number of benzene rings is 2. The van der Waals surface area contributed by atoms with Crippen molar-refractivity contribution in [3.8, 4) is 29.1 Å². The van der Waals surface area contributed by atoms with Crippen molar-refractivity contribution in [1.82, 2.24) is 15.3 Å². The molecule has 0 radical (unpaired) electrons. The Morgan fingerprint density at radius 2 is 1.81 bits per heavy atom. The minimum atomic E-state index is -0.531. The molecule has 166 valence electrons. The highest BCUT2D eigenvalue weighted by molar-refractivity contribution is 5.85. The first kappa shape index (κ1) is 22.8. The van der Waals surface area contributed by atoms with Crippen LogP contribution in [0.1, 0.15) is 27.2 Å². The summed E-state index contributed by atoms with van der Waals surface area (Å²) >= 11 is 0. The standard InChI is InChI=1S/C24H26N4O4/c1-24(2,3)32-23(29)26-14-6-15-31-22-19-7-4-5-8-20(19)27-21(28-22)17-9-11-18(12-10-17)30-16-13-25/h4-5,7-12H,6,14-16H2,1-3H3,(H,26,29). The van der Waals surface area contributed by atoms with Crippen molar-refractivity contribution in [3.63, 3.8) is 0 Å². The Kier molecular flexibility index (Phi) is 7.45. The topological polar surface area (TPSA) is 106 Å². The number of para-hydroxylation sites is 1. The molecule has 1 aromatic heterocycles. The Morgan fingerprint density at radius 3 is 2.53 bits per heavy atom. The van der Waals surface area contributed by atoms with Gasteiger partial charge in [-0.15, -0.1) is 0 Å². The summed E-state index contributed by atoms with van der Waals surface area (Å²) in [5.74, 6) is 1.61. The zero-order valence-electron chi connectivity index (χ0n) is 18.4. The van der Waals surface area contributed by atoms with E-state index in [4.69, 9.17) is 19.5 Å². The summed E-state index contributed by atoms with van der Waals surface area (Å²) in [6.07, 6.45) is 0.146. The quantitative estimate of drug-likeness (QED) is 0.521. The number of nitrogens with one attached hydrogen (secondary N) is 1. The molecular weight excluding hydrogens is 408 g/mol. The summed E-state index contributed by atoms with van der Waals surface area (Å²) in [6, 6.07) is 16.8. The molecule has 0 unspecified atom stereocenters. The summed E-state index contributed by atoms with van der Waals surface area (Å²) in [7, 11) is 0. The maximum atomic E-state index is 11.7. The number of carbonyl (C=O) groups excluding carboxylic acids is 1. The third-order valence-corrected chi connectivity index (χ3v) is 4.21. The van der Waals surface area contributed by atoms with E-state index in [1.807, 2.05) is 63.2 Å². The highest BCUT2D eigenvalue weighted by Crippen LogP contribution is 2.27. The fourth-order valence-corrected chi connectivity index (χ4v) is 2.85. The number of fused-ring (bicyclic) bond motifs is 1. The second-order valence-corrected chi connectivity index (χ2v) is 7.97. The SMILES string of the molecule is CC(C)(C)OC(=O)NCCCOc1nc(-c2ccc(OCC#N)cc2)nc2ccccc12. The van der Waals surface area contributed by atoms with Crippen molar-refractivity contribution >= 4 is 17.0 Å². The first-order valence-electron chi connectivity index (χ1n) is 10.3. The Labute approximate surface area is 187 Å². The maximum absolute atomic E-state index is 11.7. The number of aromatic nitrogens is 2. The van der Waals surface area contributed by atoms with E-state index >= 15 is 0 Å². The molecule has 8 heteroatoms. The number of nitriles is 1. The first-order valence-corrected chi connectivity index (χ1v) is 10.3. The van der Waals surface area contributed by atoms with E-state index in [-0.39, 0.29) is 6.61 Å². The molecule has 0 aliphatic rings. The van der Waals surface area contributed by atoms with Crippen LogP contribution < -0.4 is 14.8 Å². The minimum Gasteiger partial charge on any atom is -0.479 e. The molecule has 0 saturated carbocycles. The normalized spacial score (nSPS) is 10.9. The molecule has 1 amide bonds. The van der Waals surface area contributed by atoms with Crippen LogP contribution in [0, 0.1) is 11.3 Å². The molecule has 3 aromatic rings. The Balaban J connectivity index is 1.67. The van der Waals surface area contributed by atoms with Gasteiger partial charge >= 0.3 is 6.09 Å². The van der Waals surface area contributed by atoms with Crippen LogP contribution in [-0.4, -0.2) is 41.4 Å². The number of alkyl carbamates (subject to hydrolysis) is 1. The van der Waals surface area contributed by atoms with E-state index in [0.29, 0.717) is 37.0 Å². The van der Waals surface area contributed by atoms with E-state index in [9.17, 15) is 4.79 Å². The van der Waals surface area contributed by atoms with Crippen molar-refractivity contribution in [2.75, 3.05) is 19.8 Å². The molecule has 0 aliphatic carbocycles. The maximum Gasteiger partial charge on any atom is 0.407 e. The Hall–Kier alpha value is -3.86. The van der Waals surface area contributed by atoms with Crippen LogP contribution in [-0.2, 0) is 4.74 Å². The summed E-state index contributed by atoms with van der Waals surface area (Å²) in [5.41, 5.74) is 1.04. The van der Waals surface area contributed by atoms with E-state index in [1.54, 1.807) is 12.1 Å². The van der Waals surface area contributed by atoms with Gasteiger partial charge in [0, 0.05) is 12.1 Å². The second-order valence-electron chi connectivity index (χ2n) is 7.97. The van der Waals surface area contributed by atoms with Gasteiger partial charge in [-0.3, -0.25) is 0 Å². The van der Waals surface area contributed by atoms with Gasteiger partial charge in [0.1, 0.15) is 17.4 Å². The van der Waals surface area contributed by atoms with Gasteiger partial charge in [-0.1, -0.05) is 12.1 Å². The lowest BCUT2D eigenvalue weighted by Crippen LogP contribution is -2.33. The zero-order valence-corrected chi connectivity index (χ0v) is 18.4. The Morgan fingerprint density at radius 1 is 1.06 bits per heavy atom. The van der Waals surface area contributed by atoms with Crippen molar-refractivity contribution in [2.24, 2.45) is 0 Å². The molecule has 32 heavy (non-hydrogen) atoms. The first-order chi connectivity index (χ1) is 15.4. The number of hydrogen-bond acceptors (Lipinski definition) is 7. The second kappa shape index (κ2) is 10.4. The minimum absolute atomic E-state index is 0.00735. The summed E-state index contributed by atoms with van der Waals surface area (Å²) in [6.45, 7) is 6.25. The molecule has 1 N–H and O–H groups in total. The number of carbonyl (C=O) groups is 1. The van der Waals surface area contributed by atoms with Gasteiger partial charge < -0.3 is 19.5 Å². The van der Waals surface area contributed by atoms with Gasteiger partial charge in [0.25, 0.3) is 0 Å². The summed E-state index contributed by atoms with van der Waals surface area (Å²) < 4.78 is 16.4. The number of ether oxygens (including phenoxy) is 3. The fourth-order valence-electron chi connectivity index (χ4n) is 2.85. The molecule has 8 nitrogen and oxygen atoms in total. The van der Waals surface area contributed by atoms with Crippen LogP contribution in [0.25, 0.3) is 22.3 Å². The molecule has 0 atom stereocenters. The van der Waals surface area contributed by atoms with Crippen LogP contribution in [0.5, 0.6) is 11.6 Å². The monoisotopic (exact) mass is 434 g/mol. The van der Waals surface area contributed by atoms with Crippen molar-refractivity contribution in [3.05, 3.63) is 48.5 Å². The third-order valence-electron chi connectivity index (χ3n) is 4.21. The van der Waals surface area contributed by atoms with Gasteiger partial charge in [-0.2, -0.15) is 10.2 Å². The average Bonchev–Trinajstić information content (AvgIpc) is 2.76. The molecule has 0 spiro atoms. The van der Waals surface area contributed by atoms with Gasteiger partial charge in [0.2, 0.25) is 5.88 Å². The van der Waals surface area contributed by atoms with E-state index in [1.165, 1.54) is 0 Å². The molecule has 0 aliphatic heterocycles. The van der Waals surface area contributed by atoms with E-state index < -0.39 is 11.7 Å². The van der Waals surface area contributed by atoms with Crippen molar-refractivity contribution in [1.29, 1.82) is 5.26 Å². The smallest absolute Gasteiger partial charge is 0.407 e. The van der Waals surface area contributed by atoms with E-state index in [2.05, 4.69) is 15.3 Å². The summed E-state index contributed by atoms with van der Waals surface area (Å²) in [5, 5.41) is 12.2. The average molecular weight is 434 g/mol. The van der Waals surface area contributed by atoms with Crippen molar-refractivity contribution in [2.45, 2.75) is 32.8 Å². The predicted octanol–water partition coefficient (Wildman–Crippen LogP) is 4.49. The van der Waals surface area contributed by atoms with Crippen LogP contribution in [0.4, 0.5) is 4.79 Å². The molecule has 0 saturated heterocycles. The molecule has 1 heterocycles.